The molecule has 0 saturated heterocycles. The van der Waals surface area contributed by atoms with Gasteiger partial charge in [-0.05, 0) is 55.0 Å². The molecule has 0 amide bonds. The molecule has 1 N–H and O–H groups in total. The lowest BCUT2D eigenvalue weighted by Gasteiger charge is -2.16. The topological polar surface area (TPSA) is 30.5 Å². The lowest BCUT2D eigenvalue weighted by atomic mass is 10.2. The second-order valence-corrected chi connectivity index (χ2v) is 7.94. The Bertz CT molecular complexity index is 983. The van der Waals surface area contributed by atoms with E-state index in [1.54, 1.807) is 12.1 Å². The average molecular weight is 499 g/mol. The van der Waals surface area contributed by atoms with Crippen LogP contribution in [0.4, 0.5) is 10.1 Å². The third kappa shape index (κ3) is 6.01. The first-order valence-electron chi connectivity index (χ1n) is 8.97. The number of hydrogen-bond acceptors (Lipinski definition) is 3. The Morgan fingerprint density at radius 1 is 0.897 bits per heavy atom. The highest BCUT2D eigenvalue weighted by atomic mass is 79.9. The summed E-state index contributed by atoms with van der Waals surface area (Å²) in [5, 5.41) is 4.20. The van der Waals surface area contributed by atoms with Crippen molar-refractivity contribution in [3.8, 4) is 11.5 Å². The van der Waals surface area contributed by atoms with Gasteiger partial charge in [0, 0.05) is 33.4 Å². The number of nitrogens with one attached hydrogen (secondary N) is 1. The minimum atomic E-state index is -0.389. The zero-order valence-corrected chi connectivity index (χ0v) is 18.7. The van der Waals surface area contributed by atoms with Gasteiger partial charge in [-0.15, -0.1) is 0 Å². The SMILES string of the molecule is CCOc1cc(CNc2ccc(Br)cc2)c(Cl)cc1OCc1ccc(F)cc1Cl. The van der Waals surface area contributed by atoms with Crippen LogP contribution in [0.1, 0.15) is 18.1 Å². The predicted molar refractivity (Wildman–Crippen MR) is 120 cm³/mol. The summed E-state index contributed by atoms with van der Waals surface area (Å²) in [6.45, 7) is 3.08. The second kappa shape index (κ2) is 10.2. The van der Waals surface area contributed by atoms with Crippen LogP contribution < -0.4 is 14.8 Å². The summed E-state index contributed by atoms with van der Waals surface area (Å²) in [6.07, 6.45) is 0. The molecule has 7 heteroatoms. The van der Waals surface area contributed by atoms with Crippen molar-refractivity contribution >= 4 is 44.8 Å². The summed E-state index contributed by atoms with van der Waals surface area (Å²) < 4.78 is 25.8. The van der Waals surface area contributed by atoms with Crippen molar-refractivity contribution in [1.29, 1.82) is 0 Å². The molecule has 0 saturated carbocycles. The van der Waals surface area contributed by atoms with E-state index < -0.39 is 0 Å². The van der Waals surface area contributed by atoms with Crippen molar-refractivity contribution in [3.63, 3.8) is 0 Å². The zero-order valence-electron chi connectivity index (χ0n) is 15.6. The van der Waals surface area contributed by atoms with E-state index in [-0.39, 0.29) is 12.4 Å². The third-order valence-corrected chi connectivity index (χ3v) is 5.37. The highest BCUT2D eigenvalue weighted by Gasteiger charge is 2.13. The van der Waals surface area contributed by atoms with Crippen molar-refractivity contribution < 1.29 is 13.9 Å². The van der Waals surface area contributed by atoms with Crippen LogP contribution in [0.5, 0.6) is 11.5 Å². The van der Waals surface area contributed by atoms with Gasteiger partial charge in [0.15, 0.2) is 11.5 Å². The molecule has 0 unspecified atom stereocenters. The molecule has 0 aliphatic rings. The van der Waals surface area contributed by atoms with Gasteiger partial charge in [0.05, 0.1) is 11.6 Å². The Morgan fingerprint density at radius 3 is 2.28 bits per heavy atom. The number of benzene rings is 3. The van der Waals surface area contributed by atoms with E-state index in [4.69, 9.17) is 32.7 Å². The molecule has 152 valence electrons. The smallest absolute Gasteiger partial charge is 0.163 e. The largest absolute Gasteiger partial charge is 0.490 e. The fraction of sp³-hybridized carbons (Fsp3) is 0.182. The normalized spacial score (nSPS) is 10.7. The van der Waals surface area contributed by atoms with Gasteiger partial charge >= 0.3 is 0 Å². The van der Waals surface area contributed by atoms with Gasteiger partial charge in [-0.25, -0.2) is 4.39 Å². The van der Waals surface area contributed by atoms with Crippen molar-refractivity contribution in [3.05, 3.63) is 86.1 Å². The molecule has 3 rings (SSSR count). The molecule has 0 aromatic heterocycles. The van der Waals surface area contributed by atoms with Gasteiger partial charge < -0.3 is 14.8 Å². The predicted octanol–water partition coefficient (Wildman–Crippen LogP) is 7.48. The molecular weight excluding hydrogens is 480 g/mol. The fourth-order valence-electron chi connectivity index (χ4n) is 2.65. The highest BCUT2D eigenvalue weighted by molar-refractivity contribution is 9.10. The summed E-state index contributed by atoms with van der Waals surface area (Å²) in [7, 11) is 0. The van der Waals surface area contributed by atoms with Gasteiger partial charge in [-0.3, -0.25) is 0 Å². The van der Waals surface area contributed by atoms with Gasteiger partial charge in [0.2, 0.25) is 0 Å². The Morgan fingerprint density at radius 2 is 1.59 bits per heavy atom. The maximum absolute atomic E-state index is 13.2. The zero-order chi connectivity index (χ0) is 20.8. The molecule has 3 aromatic rings. The van der Waals surface area contributed by atoms with Crippen LogP contribution in [0.25, 0.3) is 0 Å². The van der Waals surface area contributed by atoms with Crippen LogP contribution in [0, 0.1) is 5.82 Å². The van der Waals surface area contributed by atoms with E-state index in [9.17, 15) is 4.39 Å². The molecular formula is C22H19BrCl2FNO2. The van der Waals surface area contributed by atoms with Crippen LogP contribution in [0.3, 0.4) is 0 Å². The third-order valence-electron chi connectivity index (χ3n) is 4.14. The Hall–Kier alpha value is -1.95. The summed E-state index contributed by atoms with van der Waals surface area (Å²) in [6, 6.07) is 15.7. The number of ether oxygens (including phenoxy) is 2. The molecule has 0 aliphatic heterocycles. The highest BCUT2D eigenvalue weighted by Crippen LogP contribution is 2.35. The first kappa shape index (κ1) is 21.8. The molecule has 0 heterocycles. The van der Waals surface area contributed by atoms with Crippen LogP contribution >= 0.6 is 39.1 Å². The van der Waals surface area contributed by atoms with Gasteiger partial charge in [-0.2, -0.15) is 0 Å². The van der Waals surface area contributed by atoms with Crippen LogP contribution in [0.15, 0.2) is 59.1 Å². The van der Waals surface area contributed by atoms with E-state index in [1.165, 1.54) is 12.1 Å². The molecule has 3 nitrogen and oxygen atoms in total. The minimum Gasteiger partial charge on any atom is -0.490 e. The fourth-order valence-corrected chi connectivity index (χ4v) is 3.36. The Kier molecular flexibility index (Phi) is 7.64. The van der Waals surface area contributed by atoms with E-state index >= 15 is 0 Å². The monoisotopic (exact) mass is 497 g/mol. The standard InChI is InChI=1S/C22H19BrCl2FNO2/c1-2-28-21-9-15(12-27-18-7-4-16(23)5-8-18)20(25)11-22(21)29-13-14-3-6-17(26)10-19(14)24/h3-11,27H,2,12-13H2,1H3. The first-order chi connectivity index (χ1) is 14.0. The van der Waals surface area contributed by atoms with Gasteiger partial charge in [-0.1, -0.05) is 45.2 Å². The number of hydrogen-bond donors (Lipinski definition) is 1. The van der Waals surface area contributed by atoms with Crippen molar-refractivity contribution in [2.75, 3.05) is 11.9 Å². The van der Waals surface area contributed by atoms with Crippen LogP contribution in [-0.2, 0) is 13.2 Å². The van der Waals surface area contributed by atoms with Crippen molar-refractivity contribution in [2.45, 2.75) is 20.1 Å². The van der Waals surface area contributed by atoms with Crippen molar-refractivity contribution in [2.24, 2.45) is 0 Å². The first-order valence-corrected chi connectivity index (χ1v) is 10.5. The van der Waals surface area contributed by atoms with Gasteiger partial charge in [0.25, 0.3) is 0 Å². The molecule has 29 heavy (non-hydrogen) atoms. The lowest BCUT2D eigenvalue weighted by molar-refractivity contribution is 0.269. The molecule has 0 bridgehead atoms. The summed E-state index contributed by atoms with van der Waals surface area (Å²) in [5.41, 5.74) is 2.53. The van der Waals surface area contributed by atoms with Gasteiger partial charge in [0.1, 0.15) is 12.4 Å². The van der Waals surface area contributed by atoms with Crippen molar-refractivity contribution in [1.82, 2.24) is 0 Å². The molecule has 0 fully saturated rings. The van der Waals surface area contributed by atoms with E-state index in [0.29, 0.717) is 40.3 Å². The Labute approximate surface area is 187 Å². The lowest BCUT2D eigenvalue weighted by Crippen LogP contribution is -2.04. The maximum atomic E-state index is 13.2. The molecule has 0 aliphatic carbocycles. The van der Waals surface area contributed by atoms with E-state index in [2.05, 4.69) is 21.2 Å². The van der Waals surface area contributed by atoms with E-state index in [0.717, 1.165) is 15.7 Å². The van der Waals surface area contributed by atoms with E-state index in [1.807, 2.05) is 37.3 Å². The second-order valence-electron chi connectivity index (χ2n) is 6.21. The summed E-state index contributed by atoms with van der Waals surface area (Å²) >= 11 is 16.0. The summed E-state index contributed by atoms with van der Waals surface area (Å²) in [5.74, 6) is 0.701. The summed E-state index contributed by atoms with van der Waals surface area (Å²) in [4.78, 5) is 0. The minimum absolute atomic E-state index is 0.173. The number of halogens is 4. The Balaban J connectivity index is 1.75. The number of rotatable bonds is 8. The molecule has 0 radical (unpaired) electrons. The molecule has 0 atom stereocenters. The maximum Gasteiger partial charge on any atom is 0.163 e. The quantitative estimate of drug-likeness (QED) is 0.349. The molecule has 0 spiro atoms. The molecule has 3 aromatic carbocycles. The van der Waals surface area contributed by atoms with Crippen LogP contribution in [0.2, 0.25) is 10.0 Å². The van der Waals surface area contributed by atoms with Crippen LogP contribution in [-0.4, -0.2) is 6.61 Å². The average Bonchev–Trinajstić information content (AvgIpc) is 2.69. The number of anilines is 1.